The van der Waals surface area contributed by atoms with Crippen LogP contribution in [-0.4, -0.2) is 20.2 Å². The van der Waals surface area contributed by atoms with E-state index in [2.05, 4.69) is 32.9 Å². The summed E-state index contributed by atoms with van der Waals surface area (Å²) in [5.41, 5.74) is 3.91. The van der Waals surface area contributed by atoms with Crippen molar-refractivity contribution in [2.24, 2.45) is 5.92 Å². The summed E-state index contributed by atoms with van der Waals surface area (Å²) in [6.07, 6.45) is 11.0. The van der Waals surface area contributed by atoms with Gasteiger partial charge in [0, 0.05) is 0 Å². The molecule has 2 atom stereocenters. The van der Waals surface area contributed by atoms with Gasteiger partial charge in [-0.25, -0.2) is 0 Å². The average Bonchev–Trinajstić information content (AvgIpc) is 2.42. The van der Waals surface area contributed by atoms with Crippen molar-refractivity contribution in [1.82, 2.24) is 0 Å². The molecule has 0 aromatic rings. The molecule has 4 nitrogen and oxygen atoms in total. The molecule has 0 radical (unpaired) electrons. The fraction of sp³-hybridized carbons (Fsp3) is 0.684. The van der Waals surface area contributed by atoms with Crippen LogP contribution in [0.3, 0.4) is 0 Å². The maximum absolute atomic E-state index is 11.3. The van der Waals surface area contributed by atoms with Gasteiger partial charge >= 0.3 is 7.60 Å². The normalized spacial score (nSPS) is 17.4. The summed E-state index contributed by atoms with van der Waals surface area (Å²) in [4.78, 5) is 18.4. The third-order valence-electron chi connectivity index (χ3n) is 4.47. The molecule has 0 amide bonds. The van der Waals surface area contributed by atoms with Crippen molar-refractivity contribution < 1.29 is 19.5 Å². The maximum Gasteiger partial charge on any atom is 0.356 e. The smallest absolute Gasteiger partial charge is 0.356 e. The van der Waals surface area contributed by atoms with E-state index in [1.54, 1.807) is 6.92 Å². The van der Waals surface area contributed by atoms with Gasteiger partial charge in [0.25, 0.3) is 0 Å². The van der Waals surface area contributed by atoms with Crippen LogP contribution in [0, 0.1) is 5.92 Å². The third kappa shape index (κ3) is 8.98. The number of rotatable bonds is 10. The van der Waals surface area contributed by atoms with Crippen molar-refractivity contribution in [3.05, 3.63) is 34.9 Å². The maximum atomic E-state index is 11.3. The molecule has 3 N–H and O–H groups in total. The molecule has 0 aromatic carbocycles. The molecule has 24 heavy (non-hydrogen) atoms. The van der Waals surface area contributed by atoms with Gasteiger partial charge in [0.2, 0.25) is 0 Å². The summed E-state index contributed by atoms with van der Waals surface area (Å²) in [6.45, 7) is 11.3. The van der Waals surface area contributed by atoms with Crippen LogP contribution >= 0.6 is 7.60 Å². The zero-order valence-electron chi connectivity index (χ0n) is 16.0. The van der Waals surface area contributed by atoms with Crippen molar-refractivity contribution in [2.45, 2.75) is 79.0 Å². The highest BCUT2D eigenvalue weighted by molar-refractivity contribution is 7.53. The van der Waals surface area contributed by atoms with Gasteiger partial charge in [-0.15, -0.1) is 0 Å². The molecule has 0 fully saturated rings. The number of hydrogen-bond donors (Lipinski definition) is 3. The Morgan fingerprint density at radius 3 is 1.92 bits per heavy atom. The first-order chi connectivity index (χ1) is 10.9. The summed E-state index contributed by atoms with van der Waals surface area (Å²) in [7, 11) is -4.52. The summed E-state index contributed by atoms with van der Waals surface area (Å²) in [6, 6.07) is 0. The highest BCUT2D eigenvalue weighted by Crippen LogP contribution is 2.53. The molecule has 0 aliphatic heterocycles. The highest BCUT2D eigenvalue weighted by atomic mass is 31.2. The Morgan fingerprint density at radius 2 is 1.46 bits per heavy atom. The molecule has 0 saturated heterocycles. The largest absolute Gasteiger partial charge is 0.377 e. The number of aliphatic hydroxyl groups is 1. The Balaban J connectivity index is 4.38. The van der Waals surface area contributed by atoms with Crippen LogP contribution < -0.4 is 0 Å². The summed E-state index contributed by atoms with van der Waals surface area (Å²) in [5.74, 6) is -0.505. The van der Waals surface area contributed by atoms with Gasteiger partial charge in [0.05, 0.1) is 0 Å². The van der Waals surface area contributed by atoms with Crippen LogP contribution in [-0.2, 0) is 4.57 Å². The van der Waals surface area contributed by atoms with Crippen LogP contribution in [0.2, 0.25) is 0 Å². The Morgan fingerprint density at radius 1 is 1.00 bits per heavy atom. The molecule has 0 spiro atoms. The summed E-state index contributed by atoms with van der Waals surface area (Å²) in [5, 5.41) is 8.02. The minimum absolute atomic E-state index is 0.452. The molecular formula is C19H35O4P. The predicted octanol–water partition coefficient (Wildman–Crippen LogP) is 5.32. The van der Waals surface area contributed by atoms with Crippen LogP contribution in [0.1, 0.15) is 73.6 Å². The van der Waals surface area contributed by atoms with E-state index in [9.17, 15) is 19.5 Å². The molecule has 0 aliphatic carbocycles. The van der Waals surface area contributed by atoms with Gasteiger partial charge in [0.1, 0.15) is 0 Å². The Labute approximate surface area is 147 Å². The molecule has 140 valence electrons. The predicted molar refractivity (Wildman–Crippen MR) is 102 cm³/mol. The van der Waals surface area contributed by atoms with E-state index in [1.807, 2.05) is 13.0 Å². The van der Waals surface area contributed by atoms with Crippen LogP contribution in [0.15, 0.2) is 34.9 Å². The van der Waals surface area contributed by atoms with E-state index in [4.69, 9.17) is 0 Å². The lowest BCUT2D eigenvalue weighted by atomic mass is 9.98. The van der Waals surface area contributed by atoms with Gasteiger partial charge in [-0.05, 0) is 72.6 Å². The topological polar surface area (TPSA) is 77.8 Å². The zero-order chi connectivity index (χ0) is 19.0. The van der Waals surface area contributed by atoms with Crippen LogP contribution in [0.4, 0.5) is 0 Å². The highest BCUT2D eigenvalue weighted by Gasteiger charge is 2.44. The van der Waals surface area contributed by atoms with E-state index in [-0.39, 0.29) is 0 Å². The lowest BCUT2D eigenvalue weighted by molar-refractivity contribution is 0.0590. The third-order valence-corrected chi connectivity index (χ3v) is 6.09. The first kappa shape index (κ1) is 23.3. The molecule has 0 aliphatic rings. The molecule has 0 aromatic heterocycles. The lowest BCUT2D eigenvalue weighted by Crippen LogP contribution is -2.32. The standard InChI is InChI=1S/C19H35O4P/c1-15(2)9-7-10-16(3)11-8-12-17(4)13-14-18(5)19(6,20)24(21,22)23/h9,11,13,18,20H,7-8,10,12,14H2,1-6H3,(H2,21,22,23). The van der Waals surface area contributed by atoms with Crippen molar-refractivity contribution in [1.29, 1.82) is 0 Å². The lowest BCUT2D eigenvalue weighted by Gasteiger charge is -2.30. The first-order valence-electron chi connectivity index (χ1n) is 8.60. The van der Waals surface area contributed by atoms with Gasteiger partial charge in [0.15, 0.2) is 5.34 Å². The molecule has 0 rings (SSSR count). The average molecular weight is 358 g/mol. The molecule has 0 saturated carbocycles. The minimum atomic E-state index is -4.52. The summed E-state index contributed by atoms with van der Waals surface area (Å²) >= 11 is 0. The van der Waals surface area contributed by atoms with Crippen molar-refractivity contribution in [3.63, 3.8) is 0 Å². The summed E-state index contributed by atoms with van der Waals surface area (Å²) < 4.78 is 11.3. The van der Waals surface area contributed by atoms with Gasteiger partial charge < -0.3 is 14.9 Å². The second kappa shape index (κ2) is 10.4. The van der Waals surface area contributed by atoms with Gasteiger partial charge in [-0.2, -0.15) is 0 Å². The zero-order valence-corrected chi connectivity index (χ0v) is 16.9. The molecule has 0 heterocycles. The second-order valence-corrected chi connectivity index (χ2v) is 9.23. The van der Waals surface area contributed by atoms with Gasteiger partial charge in [-0.3, -0.25) is 4.57 Å². The van der Waals surface area contributed by atoms with Crippen LogP contribution in [0.25, 0.3) is 0 Å². The minimum Gasteiger partial charge on any atom is -0.377 e. The van der Waals surface area contributed by atoms with E-state index < -0.39 is 18.9 Å². The fourth-order valence-corrected chi connectivity index (χ4v) is 2.91. The van der Waals surface area contributed by atoms with E-state index in [1.165, 1.54) is 23.6 Å². The Bertz CT molecular complexity index is 519. The SMILES string of the molecule is CC(C)=CCCC(C)=CCCC(C)=CCC(C)C(C)(O)P(=O)(O)O. The number of hydrogen-bond acceptors (Lipinski definition) is 2. The van der Waals surface area contributed by atoms with E-state index >= 15 is 0 Å². The monoisotopic (exact) mass is 358 g/mol. The molecule has 0 bridgehead atoms. The molecular weight excluding hydrogens is 323 g/mol. The molecule has 5 heteroatoms. The first-order valence-corrected chi connectivity index (χ1v) is 10.2. The fourth-order valence-electron chi connectivity index (χ4n) is 2.23. The van der Waals surface area contributed by atoms with Gasteiger partial charge in [-0.1, -0.05) is 41.9 Å². The van der Waals surface area contributed by atoms with E-state index in [0.717, 1.165) is 25.7 Å². The van der Waals surface area contributed by atoms with Crippen molar-refractivity contribution >= 4 is 7.60 Å². The quantitative estimate of drug-likeness (QED) is 0.365. The number of allylic oxidation sites excluding steroid dienone is 6. The van der Waals surface area contributed by atoms with Crippen LogP contribution in [0.5, 0.6) is 0 Å². The van der Waals surface area contributed by atoms with E-state index in [0.29, 0.717) is 6.42 Å². The second-order valence-electron chi connectivity index (χ2n) is 7.23. The molecule has 2 unspecified atom stereocenters. The van der Waals surface area contributed by atoms with Crippen molar-refractivity contribution in [3.8, 4) is 0 Å². The Hall–Kier alpha value is -0.670. The van der Waals surface area contributed by atoms with Crippen molar-refractivity contribution in [2.75, 3.05) is 0 Å². The Kier molecular flexibility index (Phi) is 10.1.